The van der Waals surface area contributed by atoms with Crippen molar-refractivity contribution >= 4 is 11.9 Å². The third-order valence-electron chi connectivity index (χ3n) is 0.433. The van der Waals surface area contributed by atoms with Crippen LogP contribution in [0.2, 0.25) is 0 Å². The summed E-state index contributed by atoms with van der Waals surface area (Å²) in [6.45, 7) is 0. The highest BCUT2D eigenvalue weighted by Crippen LogP contribution is 1.79. The van der Waals surface area contributed by atoms with Crippen LogP contribution in [0.3, 0.4) is 0 Å². The fraction of sp³-hybridized carbons (Fsp3) is 0. The highest BCUT2D eigenvalue weighted by atomic mass is 16.4. The highest BCUT2D eigenvalue weighted by molar-refractivity contribution is 5.84. The van der Waals surface area contributed by atoms with Gasteiger partial charge in [-0.1, -0.05) is 6.08 Å². The van der Waals surface area contributed by atoms with Crippen LogP contribution in [0.4, 0.5) is 0 Å². The van der Waals surface area contributed by atoms with Crippen molar-refractivity contribution in [3.63, 3.8) is 0 Å². The van der Waals surface area contributed by atoms with Crippen LogP contribution < -0.4 is 0 Å². The first kappa shape index (κ1) is 5.81. The molecule has 0 aromatic carbocycles. The van der Waals surface area contributed by atoms with Gasteiger partial charge in [-0.15, -0.1) is 0 Å². The van der Waals surface area contributed by atoms with Gasteiger partial charge in [0.25, 0.3) is 0 Å². The first-order chi connectivity index (χ1) is 4.54. The van der Waals surface area contributed by atoms with Crippen molar-refractivity contribution in [1.82, 2.24) is 0 Å². The zero-order valence-electron chi connectivity index (χ0n) is 5.37. The van der Waals surface area contributed by atoms with Gasteiger partial charge in [-0.05, 0) is 0 Å². The predicted molar refractivity (Wildman–Crippen MR) is 28.7 cm³/mol. The molecular weight excluding hydrogens is 124 g/mol. The van der Waals surface area contributed by atoms with E-state index in [0.29, 0.717) is 12.2 Å². The highest BCUT2D eigenvalue weighted by Gasteiger charge is 1.91. The molecule has 0 aliphatic heterocycles. The van der Waals surface area contributed by atoms with Crippen LogP contribution in [-0.4, -0.2) is 22.2 Å². The molecule has 0 aliphatic carbocycles. The smallest absolute Gasteiger partial charge is 0.328 e. The second-order valence-corrected chi connectivity index (χ2v) is 1.12. The fourth-order valence-electron chi connectivity index (χ4n) is 0.184. The van der Waals surface area contributed by atoms with Crippen LogP contribution >= 0.6 is 0 Å². The molecule has 0 unspecified atom stereocenters. The summed E-state index contributed by atoms with van der Waals surface area (Å²) in [4.78, 5) is 19.6. The summed E-state index contributed by atoms with van der Waals surface area (Å²) in [5, 5.41) is 16.0. The molecule has 0 aliphatic rings. The number of carbonyl (C=O) groups is 2. The minimum Gasteiger partial charge on any atom is -0.481 e. The van der Waals surface area contributed by atoms with Gasteiger partial charge in [0.2, 0.25) is 0 Å². The van der Waals surface area contributed by atoms with Gasteiger partial charge in [0.1, 0.15) is 0 Å². The van der Waals surface area contributed by atoms with E-state index < -0.39 is 18.3 Å². The fourth-order valence-corrected chi connectivity index (χ4v) is 0.184. The predicted octanol–water partition coefficient (Wildman–Crippen LogP) is -0.0839. The van der Waals surface area contributed by atoms with E-state index in [1.165, 1.54) is 0 Å². The zero-order chi connectivity index (χ0) is 8.15. The number of hydrogen-bond donors (Lipinski definition) is 2. The van der Waals surface area contributed by atoms with E-state index in [1.807, 2.05) is 0 Å². The maximum Gasteiger partial charge on any atom is 0.328 e. The van der Waals surface area contributed by atoms with Crippen LogP contribution in [-0.2, 0) is 9.59 Å². The van der Waals surface area contributed by atoms with Crippen molar-refractivity contribution < 1.29 is 21.2 Å². The number of hydrogen-bond acceptors (Lipinski definition) is 2. The lowest BCUT2D eigenvalue weighted by Gasteiger charge is -1.79. The van der Waals surface area contributed by atoms with Gasteiger partial charge in [0.05, 0.1) is 6.40 Å². The average Bonchev–Trinajstić information content (AvgIpc) is 1.82. The molecule has 0 saturated carbocycles. The molecule has 0 saturated heterocycles. The lowest BCUT2D eigenvalue weighted by molar-refractivity contribution is -0.132. The first-order valence-corrected chi connectivity index (χ1v) is 2.02. The molecule has 0 amide bonds. The number of carboxylic acid groups (broad SMARTS) is 2. The van der Waals surface area contributed by atoms with E-state index in [1.54, 1.807) is 0 Å². The van der Waals surface area contributed by atoms with Gasteiger partial charge in [-0.25, -0.2) is 4.79 Å². The normalized spacial score (nSPS) is 11.9. The molecule has 0 fully saturated rings. The van der Waals surface area contributed by atoms with E-state index in [4.69, 9.17) is 11.6 Å². The lowest BCUT2D eigenvalue weighted by Crippen LogP contribution is -1.93. The maximum atomic E-state index is 9.84. The number of carboxylic acids is 2. The van der Waals surface area contributed by atoms with E-state index in [2.05, 4.69) is 0 Å². The molecule has 0 bridgehead atoms. The monoisotopic (exact) mass is 130 g/mol. The van der Waals surface area contributed by atoms with Crippen molar-refractivity contribution in [2.75, 3.05) is 0 Å². The second-order valence-electron chi connectivity index (χ2n) is 1.12. The van der Waals surface area contributed by atoms with Crippen LogP contribution in [0.15, 0.2) is 12.2 Å². The summed E-state index contributed by atoms with van der Waals surface area (Å²) in [5.74, 6) is -2.72. The van der Waals surface area contributed by atoms with Gasteiger partial charge >= 0.3 is 11.9 Å². The molecule has 0 aromatic rings. The van der Waals surface area contributed by atoms with Gasteiger partial charge in [0.15, 0.2) is 0 Å². The van der Waals surface area contributed by atoms with E-state index in [9.17, 15) is 9.59 Å². The summed E-state index contributed by atoms with van der Waals surface area (Å²) in [7, 11) is 0. The van der Waals surface area contributed by atoms with Gasteiger partial charge in [-0.2, -0.15) is 0 Å². The van der Waals surface area contributed by atoms with E-state index in [-0.39, 0.29) is 0 Å². The Balaban J connectivity index is 3.89. The molecule has 4 heteroatoms. The standard InChI is InChI=1S/C5H5O4/c6-4(7)2-1-3-5(8)9/h1-3H,(H,6,7)(H,8,9)/b2-1+/i2D/b3-1+. The Morgan fingerprint density at radius 3 is 2.22 bits per heavy atom. The molecule has 2 N–H and O–H groups in total. The van der Waals surface area contributed by atoms with Crippen molar-refractivity contribution in [1.29, 1.82) is 0 Å². The Morgan fingerprint density at radius 1 is 1.33 bits per heavy atom. The summed E-state index contributed by atoms with van der Waals surface area (Å²) >= 11 is 0. The Morgan fingerprint density at radius 2 is 1.89 bits per heavy atom. The summed E-state index contributed by atoms with van der Waals surface area (Å²) < 4.78 is 6.59. The second kappa shape index (κ2) is 3.65. The summed E-state index contributed by atoms with van der Waals surface area (Å²) in [6, 6.07) is 0. The Bertz CT molecular complexity index is 174. The SMILES string of the molecule is [2H][C](/C=C/C(=O)O)C(=O)O. The quantitative estimate of drug-likeness (QED) is 0.524. The molecule has 0 spiro atoms. The third kappa shape index (κ3) is 6.68. The van der Waals surface area contributed by atoms with Crippen LogP contribution in [0, 0.1) is 6.40 Å². The zero-order valence-corrected chi connectivity index (χ0v) is 4.37. The van der Waals surface area contributed by atoms with Gasteiger partial charge in [-0.3, -0.25) is 4.79 Å². The largest absolute Gasteiger partial charge is 0.481 e. The molecule has 49 valence electrons. The lowest BCUT2D eigenvalue weighted by atomic mass is 10.4. The Kier molecular flexibility index (Phi) is 2.36. The topological polar surface area (TPSA) is 74.6 Å². The summed E-state index contributed by atoms with van der Waals surface area (Å²) in [6.07, 6.45) is 0.545. The third-order valence-corrected chi connectivity index (χ3v) is 0.433. The first-order valence-electron chi connectivity index (χ1n) is 2.52. The molecule has 0 atom stereocenters. The van der Waals surface area contributed by atoms with Crippen molar-refractivity contribution in [2.24, 2.45) is 0 Å². The molecule has 0 aromatic heterocycles. The number of aliphatic carboxylic acids is 2. The van der Waals surface area contributed by atoms with Crippen LogP contribution in [0.1, 0.15) is 1.37 Å². The molecule has 1 radical (unpaired) electrons. The van der Waals surface area contributed by atoms with Crippen molar-refractivity contribution in [3.05, 3.63) is 18.5 Å². The Hall–Kier alpha value is -1.32. The van der Waals surface area contributed by atoms with Gasteiger partial charge in [0, 0.05) is 7.45 Å². The van der Waals surface area contributed by atoms with Crippen molar-refractivity contribution in [2.45, 2.75) is 0 Å². The van der Waals surface area contributed by atoms with Gasteiger partial charge < -0.3 is 10.2 Å². The van der Waals surface area contributed by atoms with Crippen molar-refractivity contribution in [3.8, 4) is 0 Å². The van der Waals surface area contributed by atoms with E-state index in [0.717, 1.165) is 0 Å². The van der Waals surface area contributed by atoms with Crippen LogP contribution in [0.25, 0.3) is 0 Å². The van der Waals surface area contributed by atoms with E-state index >= 15 is 0 Å². The van der Waals surface area contributed by atoms with Crippen LogP contribution in [0.5, 0.6) is 0 Å². The molecule has 0 heterocycles. The summed E-state index contributed by atoms with van der Waals surface area (Å²) in [5.41, 5.74) is 0. The number of rotatable bonds is 3. The maximum absolute atomic E-state index is 9.84. The molecule has 4 nitrogen and oxygen atoms in total. The average molecular weight is 130 g/mol. The molecular formula is C5H5O4. The minimum absolute atomic E-state index is 0.594. The molecule has 9 heavy (non-hydrogen) atoms. The Labute approximate surface area is 52.8 Å². The molecule has 0 rings (SSSR count). The minimum atomic E-state index is -1.45.